The van der Waals surface area contributed by atoms with Gasteiger partial charge in [-0.05, 0) is 39.2 Å². The van der Waals surface area contributed by atoms with Crippen molar-refractivity contribution in [1.82, 2.24) is 0 Å². The van der Waals surface area contributed by atoms with Gasteiger partial charge in [0.15, 0.2) is 0 Å². The third-order valence-electron chi connectivity index (χ3n) is 3.18. The highest BCUT2D eigenvalue weighted by atomic mass is 79.9. The first kappa shape index (κ1) is 9.69. The standard InChI is InChI=1S/C10H13BrOS/c1-10(2)6(5-8(10)12)9-7(11)3-4-13-9/h3-4,6,8,12H,5H2,1-2H3. The van der Waals surface area contributed by atoms with Crippen molar-refractivity contribution in [2.45, 2.75) is 32.3 Å². The zero-order chi connectivity index (χ0) is 9.64. The zero-order valence-corrected chi connectivity index (χ0v) is 10.2. The SMILES string of the molecule is CC1(C)C(O)CC1c1sccc1Br. The average molecular weight is 261 g/mol. The first-order valence-corrected chi connectivity index (χ1v) is 6.11. The fourth-order valence-electron chi connectivity index (χ4n) is 1.90. The number of rotatable bonds is 1. The van der Waals surface area contributed by atoms with Crippen LogP contribution >= 0.6 is 27.3 Å². The molecule has 1 N–H and O–H groups in total. The molecule has 0 spiro atoms. The second-order valence-corrected chi connectivity index (χ2v) is 6.06. The number of aliphatic hydroxyl groups excluding tert-OH is 1. The molecule has 13 heavy (non-hydrogen) atoms. The Hall–Kier alpha value is 0.140. The maximum atomic E-state index is 9.63. The molecule has 2 atom stereocenters. The van der Waals surface area contributed by atoms with Gasteiger partial charge in [0.05, 0.1) is 6.10 Å². The van der Waals surface area contributed by atoms with Crippen LogP contribution in [0.4, 0.5) is 0 Å². The van der Waals surface area contributed by atoms with Crippen LogP contribution in [0.15, 0.2) is 15.9 Å². The minimum atomic E-state index is -0.133. The van der Waals surface area contributed by atoms with Crippen molar-refractivity contribution in [2.24, 2.45) is 5.41 Å². The van der Waals surface area contributed by atoms with Gasteiger partial charge in [-0.15, -0.1) is 11.3 Å². The smallest absolute Gasteiger partial charge is 0.0603 e. The fourth-order valence-corrected chi connectivity index (χ4v) is 3.86. The molecule has 0 bridgehead atoms. The zero-order valence-electron chi connectivity index (χ0n) is 7.75. The number of aliphatic hydroxyl groups is 1. The topological polar surface area (TPSA) is 20.2 Å². The number of hydrogen-bond acceptors (Lipinski definition) is 2. The average Bonchev–Trinajstić information content (AvgIpc) is 2.47. The number of thiophene rings is 1. The van der Waals surface area contributed by atoms with Gasteiger partial charge in [0.2, 0.25) is 0 Å². The van der Waals surface area contributed by atoms with Crippen LogP contribution in [0.3, 0.4) is 0 Å². The summed E-state index contributed by atoms with van der Waals surface area (Å²) in [7, 11) is 0. The number of halogens is 1. The molecule has 1 fully saturated rings. The lowest BCUT2D eigenvalue weighted by molar-refractivity contribution is -0.0615. The van der Waals surface area contributed by atoms with Gasteiger partial charge < -0.3 is 5.11 Å². The Labute approximate surface area is 90.9 Å². The summed E-state index contributed by atoms with van der Waals surface area (Å²) in [5.74, 6) is 0.525. The largest absolute Gasteiger partial charge is 0.393 e. The molecule has 1 aliphatic carbocycles. The lowest BCUT2D eigenvalue weighted by atomic mass is 9.60. The van der Waals surface area contributed by atoms with E-state index in [1.54, 1.807) is 11.3 Å². The van der Waals surface area contributed by atoms with Gasteiger partial charge in [0.1, 0.15) is 0 Å². The van der Waals surface area contributed by atoms with Crippen LogP contribution in [0.2, 0.25) is 0 Å². The van der Waals surface area contributed by atoms with Crippen LogP contribution in [0.25, 0.3) is 0 Å². The summed E-state index contributed by atoms with van der Waals surface area (Å²) in [6, 6.07) is 2.08. The van der Waals surface area contributed by atoms with Gasteiger partial charge in [-0.1, -0.05) is 13.8 Å². The van der Waals surface area contributed by atoms with E-state index >= 15 is 0 Å². The van der Waals surface area contributed by atoms with Gasteiger partial charge >= 0.3 is 0 Å². The van der Waals surface area contributed by atoms with Crippen molar-refractivity contribution in [2.75, 3.05) is 0 Å². The van der Waals surface area contributed by atoms with Crippen molar-refractivity contribution in [3.05, 3.63) is 20.8 Å². The molecule has 0 aromatic carbocycles. The first-order chi connectivity index (χ1) is 6.03. The third kappa shape index (κ3) is 1.37. The Morgan fingerprint density at radius 2 is 2.31 bits per heavy atom. The summed E-state index contributed by atoms with van der Waals surface area (Å²) in [5, 5.41) is 11.7. The summed E-state index contributed by atoms with van der Waals surface area (Å²) in [6.07, 6.45) is 0.776. The Bertz CT molecular complexity index is 318. The van der Waals surface area contributed by atoms with E-state index in [1.807, 2.05) is 0 Å². The molecular weight excluding hydrogens is 248 g/mol. The maximum Gasteiger partial charge on any atom is 0.0603 e. The first-order valence-electron chi connectivity index (χ1n) is 4.44. The van der Waals surface area contributed by atoms with Gasteiger partial charge in [-0.2, -0.15) is 0 Å². The van der Waals surface area contributed by atoms with Gasteiger partial charge in [-0.3, -0.25) is 0 Å². The fraction of sp³-hybridized carbons (Fsp3) is 0.600. The van der Waals surface area contributed by atoms with Gasteiger partial charge in [-0.25, -0.2) is 0 Å². The van der Waals surface area contributed by atoms with Crippen molar-refractivity contribution in [3.63, 3.8) is 0 Å². The van der Waals surface area contributed by atoms with Crippen molar-refractivity contribution < 1.29 is 5.11 Å². The van der Waals surface area contributed by atoms with E-state index in [4.69, 9.17) is 0 Å². The minimum absolute atomic E-state index is 0.0490. The van der Waals surface area contributed by atoms with Crippen LogP contribution in [-0.4, -0.2) is 11.2 Å². The third-order valence-corrected chi connectivity index (χ3v) is 5.16. The molecule has 1 aliphatic rings. The highest BCUT2D eigenvalue weighted by Gasteiger charge is 2.48. The van der Waals surface area contributed by atoms with E-state index < -0.39 is 0 Å². The molecule has 1 saturated carbocycles. The van der Waals surface area contributed by atoms with E-state index in [-0.39, 0.29) is 11.5 Å². The highest BCUT2D eigenvalue weighted by Crippen LogP contribution is 2.55. The summed E-state index contributed by atoms with van der Waals surface area (Å²) in [6.45, 7) is 4.27. The monoisotopic (exact) mass is 260 g/mol. The quantitative estimate of drug-likeness (QED) is 0.821. The number of hydrogen-bond donors (Lipinski definition) is 1. The van der Waals surface area contributed by atoms with E-state index in [2.05, 4.69) is 41.2 Å². The van der Waals surface area contributed by atoms with Crippen molar-refractivity contribution >= 4 is 27.3 Å². The summed E-state index contributed by atoms with van der Waals surface area (Å²) in [5.41, 5.74) is 0.0490. The van der Waals surface area contributed by atoms with Crippen LogP contribution in [-0.2, 0) is 0 Å². The molecule has 1 aromatic heterocycles. The molecule has 72 valence electrons. The molecule has 3 heteroatoms. The van der Waals surface area contributed by atoms with Crippen LogP contribution in [0.1, 0.15) is 31.1 Å². The molecule has 0 amide bonds. The summed E-state index contributed by atoms with van der Waals surface area (Å²) in [4.78, 5) is 1.38. The molecule has 0 radical (unpaired) electrons. The Morgan fingerprint density at radius 1 is 1.62 bits per heavy atom. The van der Waals surface area contributed by atoms with E-state index in [9.17, 15) is 5.11 Å². The molecule has 1 aromatic rings. The second kappa shape index (κ2) is 3.07. The Kier molecular flexibility index (Phi) is 2.29. The van der Waals surface area contributed by atoms with E-state index in [1.165, 1.54) is 9.35 Å². The van der Waals surface area contributed by atoms with Crippen molar-refractivity contribution in [1.29, 1.82) is 0 Å². The maximum absolute atomic E-state index is 9.63. The molecular formula is C10H13BrOS. The normalized spacial score (nSPS) is 31.4. The van der Waals surface area contributed by atoms with Crippen LogP contribution in [0, 0.1) is 5.41 Å². The van der Waals surface area contributed by atoms with Crippen LogP contribution < -0.4 is 0 Å². The Morgan fingerprint density at radius 3 is 2.69 bits per heavy atom. The minimum Gasteiger partial charge on any atom is -0.393 e. The molecule has 1 nitrogen and oxygen atoms in total. The molecule has 2 rings (SSSR count). The molecule has 0 saturated heterocycles. The summed E-state index contributed by atoms with van der Waals surface area (Å²) >= 11 is 5.32. The second-order valence-electron chi connectivity index (χ2n) is 4.26. The van der Waals surface area contributed by atoms with E-state index in [0.29, 0.717) is 5.92 Å². The molecule has 0 aliphatic heterocycles. The van der Waals surface area contributed by atoms with Crippen molar-refractivity contribution in [3.8, 4) is 0 Å². The predicted molar refractivity (Wildman–Crippen MR) is 59.2 cm³/mol. The van der Waals surface area contributed by atoms with Gasteiger partial charge in [0.25, 0.3) is 0 Å². The lowest BCUT2D eigenvalue weighted by Gasteiger charge is -2.49. The van der Waals surface area contributed by atoms with E-state index in [0.717, 1.165) is 6.42 Å². The molecule has 1 heterocycles. The lowest BCUT2D eigenvalue weighted by Crippen LogP contribution is -2.47. The Balaban J connectivity index is 2.26. The highest BCUT2D eigenvalue weighted by molar-refractivity contribution is 9.10. The molecule has 2 unspecified atom stereocenters. The predicted octanol–water partition coefficient (Wildman–Crippen LogP) is 3.39. The summed E-state index contributed by atoms with van der Waals surface area (Å²) < 4.78 is 1.20. The van der Waals surface area contributed by atoms with Crippen LogP contribution in [0.5, 0.6) is 0 Å². The van der Waals surface area contributed by atoms with Gasteiger partial charge in [0, 0.05) is 15.3 Å².